The summed E-state index contributed by atoms with van der Waals surface area (Å²) < 4.78 is 5.33. The van der Waals surface area contributed by atoms with Crippen LogP contribution in [0.3, 0.4) is 0 Å². The van der Waals surface area contributed by atoms with Gasteiger partial charge in [-0.25, -0.2) is 0 Å². The van der Waals surface area contributed by atoms with Gasteiger partial charge >= 0.3 is 5.97 Å². The van der Waals surface area contributed by atoms with Crippen molar-refractivity contribution in [2.75, 3.05) is 32.8 Å². The molecule has 104 valence electrons. The third kappa shape index (κ3) is 3.45. The monoisotopic (exact) mass is 255 g/mol. The second kappa shape index (κ2) is 6.53. The van der Waals surface area contributed by atoms with Crippen LogP contribution in [0.5, 0.6) is 0 Å². The number of rotatable bonds is 3. The van der Waals surface area contributed by atoms with Gasteiger partial charge in [-0.05, 0) is 38.8 Å². The Labute approximate surface area is 109 Å². The van der Waals surface area contributed by atoms with E-state index in [1.54, 1.807) is 0 Å². The van der Waals surface area contributed by atoms with E-state index in [0.29, 0.717) is 32.6 Å². The lowest BCUT2D eigenvalue weighted by molar-refractivity contribution is -0.156. The molecule has 0 saturated carbocycles. The topological polar surface area (TPSA) is 49.8 Å². The van der Waals surface area contributed by atoms with Crippen LogP contribution in [0, 0.1) is 5.41 Å². The zero-order valence-electron chi connectivity index (χ0n) is 11.2. The van der Waals surface area contributed by atoms with Crippen LogP contribution in [0.4, 0.5) is 0 Å². The first-order valence-electron chi connectivity index (χ1n) is 7.26. The quantitative estimate of drug-likeness (QED) is 0.839. The van der Waals surface area contributed by atoms with E-state index >= 15 is 0 Å². The lowest BCUT2D eigenvalue weighted by Gasteiger charge is -2.38. The minimum Gasteiger partial charge on any atom is -0.481 e. The van der Waals surface area contributed by atoms with Gasteiger partial charge in [0.2, 0.25) is 0 Å². The largest absolute Gasteiger partial charge is 0.481 e. The van der Waals surface area contributed by atoms with Crippen molar-refractivity contribution < 1.29 is 14.6 Å². The molecule has 1 N–H and O–H groups in total. The molecular formula is C14H25NO3. The van der Waals surface area contributed by atoms with Crippen LogP contribution in [0.2, 0.25) is 0 Å². The molecule has 2 rings (SSSR count). The number of carboxylic acid groups (broad SMARTS) is 1. The average Bonchev–Trinajstić information content (AvgIpc) is 2.33. The van der Waals surface area contributed by atoms with E-state index in [9.17, 15) is 9.90 Å². The maximum absolute atomic E-state index is 11.6. The van der Waals surface area contributed by atoms with Gasteiger partial charge in [0.15, 0.2) is 0 Å². The van der Waals surface area contributed by atoms with Crippen LogP contribution in [-0.4, -0.2) is 48.8 Å². The highest BCUT2D eigenvalue weighted by atomic mass is 16.5. The molecule has 18 heavy (non-hydrogen) atoms. The lowest BCUT2D eigenvalue weighted by Crippen LogP contribution is -2.47. The summed E-state index contributed by atoms with van der Waals surface area (Å²) in [7, 11) is 0. The number of likely N-dealkylation sites (tertiary alicyclic amines) is 1. The highest BCUT2D eigenvalue weighted by Crippen LogP contribution is 2.32. The lowest BCUT2D eigenvalue weighted by atomic mass is 9.79. The van der Waals surface area contributed by atoms with Gasteiger partial charge < -0.3 is 14.7 Å². The van der Waals surface area contributed by atoms with Crippen molar-refractivity contribution in [3.63, 3.8) is 0 Å². The van der Waals surface area contributed by atoms with E-state index in [1.165, 1.54) is 32.1 Å². The molecular weight excluding hydrogens is 230 g/mol. The smallest absolute Gasteiger partial charge is 0.311 e. The van der Waals surface area contributed by atoms with Gasteiger partial charge in [0.25, 0.3) is 0 Å². The van der Waals surface area contributed by atoms with E-state index in [-0.39, 0.29) is 0 Å². The summed E-state index contributed by atoms with van der Waals surface area (Å²) >= 11 is 0. The number of carboxylic acids is 1. The maximum atomic E-state index is 11.6. The molecule has 2 saturated heterocycles. The second-order valence-electron chi connectivity index (χ2n) is 5.74. The molecule has 4 nitrogen and oxygen atoms in total. The number of hydrogen-bond donors (Lipinski definition) is 1. The minimum atomic E-state index is -0.632. The van der Waals surface area contributed by atoms with Gasteiger partial charge in [0, 0.05) is 19.8 Å². The molecule has 0 radical (unpaired) electrons. The molecule has 0 amide bonds. The predicted octanol–water partition coefficient (Wildman–Crippen LogP) is 2.13. The fourth-order valence-electron chi connectivity index (χ4n) is 3.10. The molecule has 2 aliphatic heterocycles. The van der Waals surface area contributed by atoms with Crippen molar-refractivity contribution in [3.8, 4) is 0 Å². The Morgan fingerprint density at radius 1 is 1.06 bits per heavy atom. The summed E-state index contributed by atoms with van der Waals surface area (Å²) in [6.45, 7) is 4.04. The van der Waals surface area contributed by atoms with Gasteiger partial charge in [0.1, 0.15) is 0 Å². The fraction of sp³-hybridized carbons (Fsp3) is 0.929. The van der Waals surface area contributed by atoms with E-state index in [2.05, 4.69) is 4.90 Å². The van der Waals surface area contributed by atoms with Crippen molar-refractivity contribution in [2.45, 2.75) is 44.9 Å². The van der Waals surface area contributed by atoms with Crippen molar-refractivity contribution in [3.05, 3.63) is 0 Å². The summed E-state index contributed by atoms with van der Waals surface area (Å²) in [6, 6.07) is 0. The third-order valence-electron chi connectivity index (χ3n) is 4.38. The Hall–Kier alpha value is -0.610. The van der Waals surface area contributed by atoms with Gasteiger partial charge in [-0.1, -0.05) is 19.3 Å². The average molecular weight is 255 g/mol. The highest BCUT2D eigenvalue weighted by molar-refractivity contribution is 5.75. The Balaban J connectivity index is 1.96. The summed E-state index contributed by atoms with van der Waals surface area (Å²) in [5.41, 5.74) is -0.558. The molecule has 2 aliphatic rings. The van der Waals surface area contributed by atoms with Gasteiger partial charge in [0.05, 0.1) is 5.41 Å². The SMILES string of the molecule is O=C(O)C1(CN2CCCCCCC2)CCOCC1. The van der Waals surface area contributed by atoms with Crippen LogP contribution in [0.15, 0.2) is 0 Å². The van der Waals surface area contributed by atoms with Crippen molar-refractivity contribution >= 4 is 5.97 Å². The van der Waals surface area contributed by atoms with Crippen molar-refractivity contribution in [1.29, 1.82) is 0 Å². The third-order valence-corrected chi connectivity index (χ3v) is 4.38. The summed E-state index contributed by atoms with van der Waals surface area (Å²) in [5, 5.41) is 9.56. The van der Waals surface area contributed by atoms with Gasteiger partial charge in [-0.3, -0.25) is 4.79 Å². The number of ether oxygens (including phenoxy) is 1. The molecule has 0 aromatic rings. The standard InChI is InChI=1S/C14H25NO3/c16-13(17)14(6-10-18-11-7-14)12-15-8-4-2-1-3-5-9-15/h1-12H2,(H,16,17). The maximum Gasteiger partial charge on any atom is 0.311 e. The van der Waals surface area contributed by atoms with Gasteiger partial charge in [-0.15, -0.1) is 0 Å². The molecule has 0 bridgehead atoms. The molecule has 2 fully saturated rings. The normalized spacial score (nSPS) is 26.2. The molecule has 2 heterocycles. The van der Waals surface area contributed by atoms with Crippen LogP contribution >= 0.6 is 0 Å². The molecule has 0 aromatic heterocycles. The molecule has 0 unspecified atom stereocenters. The minimum absolute atomic E-state index is 0.558. The first-order chi connectivity index (χ1) is 8.73. The number of carbonyl (C=O) groups is 1. The molecule has 0 spiro atoms. The molecule has 0 aliphatic carbocycles. The number of aliphatic carboxylic acids is 1. The Morgan fingerprint density at radius 2 is 1.61 bits per heavy atom. The van der Waals surface area contributed by atoms with Crippen LogP contribution in [-0.2, 0) is 9.53 Å². The zero-order chi connectivity index (χ0) is 12.8. The molecule has 0 aromatic carbocycles. The van der Waals surface area contributed by atoms with Crippen LogP contribution < -0.4 is 0 Å². The van der Waals surface area contributed by atoms with Crippen LogP contribution in [0.25, 0.3) is 0 Å². The fourth-order valence-corrected chi connectivity index (χ4v) is 3.10. The summed E-state index contributed by atoms with van der Waals surface area (Å²) in [4.78, 5) is 14.0. The van der Waals surface area contributed by atoms with Crippen LogP contribution in [0.1, 0.15) is 44.9 Å². The van der Waals surface area contributed by atoms with Crippen molar-refractivity contribution in [1.82, 2.24) is 4.90 Å². The van der Waals surface area contributed by atoms with E-state index < -0.39 is 11.4 Å². The Kier molecular flexibility index (Phi) is 5.01. The highest BCUT2D eigenvalue weighted by Gasteiger charge is 2.41. The Morgan fingerprint density at radius 3 is 2.17 bits per heavy atom. The first-order valence-corrected chi connectivity index (χ1v) is 7.26. The van der Waals surface area contributed by atoms with E-state index in [0.717, 1.165) is 13.1 Å². The molecule has 0 atom stereocenters. The summed E-state index contributed by atoms with van der Waals surface area (Å²) in [6.07, 6.45) is 7.68. The van der Waals surface area contributed by atoms with Gasteiger partial charge in [-0.2, -0.15) is 0 Å². The zero-order valence-corrected chi connectivity index (χ0v) is 11.2. The second-order valence-corrected chi connectivity index (χ2v) is 5.74. The number of hydrogen-bond acceptors (Lipinski definition) is 3. The van der Waals surface area contributed by atoms with E-state index in [1.807, 2.05) is 0 Å². The molecule has 4 heteroatoms. The Bertz CT molecular complexity index is 266. The first kappa shape index (κ1) is 13.8. The van der Waals surface area contributed by atoms with E-state index in [4.69, 9.17) is 4.74 Å². The number of nitrogens with zero attached hydrogens (tertiary/aromatic N) is 1. The predicted molar refractivity (Wildman–Crippen MR) is 69.6 cm³/mol. The summed E-state index contributed by atoms with van der Waals surface area (Å²) in [5.74, 6) is -0.632. The van der Waals surface area contributed by atoms with Crippen molar-refractivity contribution in [2.24, 2.45) is 5.41 Å².